The van der Waals surface area contributed by atoms with Crippen LogP contribution in [-0.2, 0) is 9.53 Å². The molecule has 0 saturated carbocycles. The molecule has 1 heterocycles. The maximum Gasteiger partial charge on any atom is 0.338 e. The molecule has 0 spiro atoms. The van der Waals surface area contributed by atoms with Gasteiger partial charge in [0.05, 0.1) is 12.2 Å². The number of ether oxygens (including phenoxy) is 1. The third-order valence-corrected chi connectivity index (χ3v) is 3.60. The first-order valence-corrected chi connectivity index (χ1v) is 6.68. The lowest BCUT2D eigenvalue weighted by Crippen LogP contribution is -2.39. The Hall–Kier alpha value is -1.84. The lowest BCUT2D eigenvalue weighted by molar-refractivity contribution is -0.126. The van der Waals surface area contributed by atoms with Crippen molar-refractivity contribution in [2.45, 2.75) is 26.2 Å². The van der Waals surface area contributed by atoms with E-state index in [0.717, 1.165) is 12.0 Å². The Bertz CT molecular complexity index is 484. The minimum atomic E-state index is -0.308. The topological polar surface area (TPSA) is 55.4 Å². The smallest absolute Gasteiger partial charge is 0.338 e. The molecule has 1 saturated heterocycles. The quantitative estimate of drug-likeness (QED) is 0.848. The van der Waals surface area contributed by atoms with E-state index >= 15 is 0 Å². The Balaban J connectivity index is 2.23. The molecule has 1 amide bonds. The molecule has 1 aromatic rings. The highest BCUT2D eigenvalue weighted by Crippen LogP contribution is 2.31. The fraction of sp³-hybridized carbons (Fsp3) is 0.467. The third kappa shape index (κ3) is 2.95. The molecule has 1 aliphatic rings. The number of amides is 1. The van der Waals surface area contributed by atoms with Gasteiger partial charge in [-0.05, 0) is 37.0 Å². The molecule has 0 aliphatic carbocycles. The van der Waals surface area contributed by atoms with Crippen molar-refractivity contribution in [3.05, 3.63) is 35.4 Å². The van der Waals surface area contributed by atoms with Crippen molar-refractivity contribution < 1.29 is 14.3 Å². The first-order valence-electron chi connectivity index (χ1n) is 6.68. The zero-order valence-electron chi connectivity index (χ0n) is 11.3. The van der Waals surface area contributed by atoms with Gasteiger partial charge in [-0.15, -0.1) is 0 Å². The average molecular weight is 261 g/mol. The summed E-state index contributed by atoms with van der Waals surface area (Å²) in [6, 6.07) is 7.41. The van der Waals surface area contributed by atoms with Gasteiger partial charge in [0.25, 0.3) is 0 Å². The van der Waals surface area contributed by atoms with Crippen LogP contribution in [0.2, 0.25) is 0 Å². The van der Waals surface area contributed by atoms with Gasteiger partial charge in [-0.1, -0.05) is 19.1 Å². The highest BCUT2D eigenvalue weighted by molar-refractivity contribution is 5.89. The Morgan fingerprint density at radius 1 is 1.47 bits per heavy atom. The Kier molecular flexibility index (Phi) is 4.20. The second-order valence-corrected chi connectivity index (χ2v) is 4.82. The van der Waals surface area contributed by atoms with Gasteiger partial charge >= 0.3 is 5.97 Å². The molecule has 102 valence electrons. The lowest BCUT2D eigenvalue weighted by atomic mass is 9.81. The third-order valence-electron chi connectivity index (χ3n) is 3.60. The van der Waals surface area contributed by atoms with Gasteiger partial charge in [0.2, 0.25) is 5.91 Å². The summed E-state index contributed by atoms with van der Waals surface area (Å²) in [5, 5.41) is 2.86. The molecule has 1 aromatic carbocycles. The minimum absolute atomic E-state index is 0.0637. The summed E-state index contributed by atoms with van der Waals surface area (Å²) < 4.78 is 5.00. The van der Waals surface area contributed by atoms with Crippen molar-refractivity contribution in [2.75, 3.05) is 13.2 Å². The molecule has 4 heteroatoms. The molecular formula is C15H19NO3. The van der Waals surface area contributed by atoms with Crippen LogP contribution in [0.15, 0.2) is 24.3 Å². The summed E-state index contributed by atoms with van der Waals surface area (Å²) in [7, 11) is 0. The van der Waals surface area contributed by atoms with E-state index in [2.05, 4.69) is 5.32 Å². The van der Waals surface area contributed by atoms with Crippen molar-refractivity contribution in [3.63, 3.8) is 0 Å². The standard InChI is InChI=1S/C15H19NO3/c1-3-19-15(18)12-6-4-5-11(9-12)13-7-8-16-14(17)10(13)2/h4-6,9-10,13H,3,7-8H2,1-2H3,(H,16,17). The molecule has 4 nitrogen and oxygen atoms in total. The van der Waals surface area contributed by atoms with Crippen LogP contribution in [-0.4, -0.2) is 25.0 Å². The number of carbonyl (C=O) groups excluding carboxylic acids is 2. The van der Waals surface area contributed by atoms with Crippen LogP contribution in [0.3, 0.4) is 0 Å². The molecule has 0 radical (unpaired) electrons. The van der Waals surface area contributed by atoms with Gasteiger partial charge in [-0.25, -0.2) is 4.79 Å². The Morgan fingerprint density at radius 2 is 2.26 bits per heavy atom. The number of hydrogen-bond donors (Lipinski definition) is 1. The highest BCUT2D eigenvalue weighted by Gasteiger charge is 2.29. The van der Waals surface area contributed by atoms with Crippen LogP contribution in [0.1, 0.15) is 42.1 Å². The monoisotopic (exact) mass is 261 g/mol. The summed E-state index contributed by atoms with van der Waals surface area (Å²) in [5.41, 5.74) is 1.59. The Morgan fingerprint density at radius 3 is 3.00 bits per heavy atom. The first kappa shape index (κ1) is 13.6. The predicted molar refractivity (Wildman–Crippen MR) is 71.9 cm³/mol. The molecule has 2 atom stereocenters. The van der Waals surface area contributed by atoms with Gasteiger partial charge in [0.15, 0.2) is 0 Å². The molecule has 2 rings (SSSR count). The maximum atomic E-state index is 11.7. The van der Waals surface area contributed by atoms with E-state index in [9.17, 15) is 9.59 Å². The molecule has 19 heavy (non-hydrogen) atoms. The van der Waals surface area contributed by atoms with Gasteiger partial charge in [-0.3, -0.25) is 4.79 Å². The van der Waals surface area contributed by atoms with E-state index in [-0.39, 0.29) is 23.7 Å². The zero-order chi connectivity index (χ0) is 13.8. The molecule has 0 bridgehead atoms. The van der Waals surface area contributed by atoms with Crippen molar-refractivity contribution in [3.8, 4) is 0 Å². The van der Waals surface area contributed by atoms with Crippen LogP contribution >= 0.6 is 0 Å². The molecule has 0 aromatic heterocycles. The summed E-state index contributed by atoms with van der Waals surface area (Å²) in [6.45, 7) is 4.77. The van der Waals surface area contributed by atoms with Gasteiger partial charge in [0.1, 0.15) is 0 Å². The van der Waals surface area contributed by atoms with E-state index in [1.807, 2.05) is 25.1 Å². The summed E-state index contributed by atoms with van der Waals surface area (Å²) in [5.74, 6) is -0.121. The molecule has 1 N–H and O–H groups in total. The van der Waals surface area contributed by atoms with E-state index < -0.39 is 0 Å². The van der Waals surface area contributed by atoms with E-state index in [1.165, 1.54) is 0 Å². The van der Waals surface area contributed by atoms with Crippen molar-refractivity contribution in [2.24, 2.45) is 5.92 Å². The van der Waals surface area contributed by atoms with Gasteiger partial charge in [0, 0.05) is 12.5 Å². The number of nitrogens with one attached hydrogen (secondary N) is 1. The molecular weight excluding hydrogens is 242 g/mol. The fourth-order valence-corrected chi connectivity index (χ4v) is 2.51. The SMILES string of the molecule is CCOC(=O)c1cccc(C2CCNC(=O)C2C)c1. The first-order chi connectivity index (χ1) is 9.13. The highest BCUT2D eigenvalue weighted by atomic mass is 16.5. The maximum absolute atomic E-state index is 11.7. The molecule has 1 fully saturated rings. The summed E-state index contributed by atoms with van der Waals surface area (Å²) >= 11 is 0. The van der Waals surface area contributed by atoms with Crippen LogP contribution in [0.4, 0.5) is 0 Å². The van der Waals surface area contributed by atoms with Gasteiger partial charge < -0.3 is 10.1 Å². The minimum Gasteiger partial charge on any atom is -0.462 e. The number of piperidine rings is 1. The van der Waals surface area contributed by atoms with Crippen LogP contribution in [0.5, 0.6) is 0 Å². The van der Waals surface area contributed by atoms with E-state index in [1.54, 1.807) is 13.0 Å². The second kappa shape index (κ2) is 5.87. The summed E-state index contributed by atoms with van der Waals surface area (Å²) in [4.78, 5) is 23.4. The van der Waals surface area contributed by atoms with Gasteiger partial charge in [-0.2, -0.15) is 0 Å². The van der Waals surface area contributed by atoms with E-state index in [0.29, 0.717) is 18.7 Å². The molecule has 2 unspecified atom stereocenters. The summed E-state index contributed by atoms with van der Waals surface area (Å²) in [6.07, 6.45) is 0.902. The van der Waals surface area contributed by atoms with E-state index in [4.69, 9.17) is 4.74 Å². The van der Waals surface area contributed by atoms with Crippen molar-refractivity contribution in [1.82, 2.24) is 5.32 Å². The van der Waals surface area contributed by atoms with Crippen molar-refractivity contribution >= 4 is 11.9 Å². The number of benzene rings is 1. The van der Waals surface area contributed by atoms with Crippen LogP contribution in [0, 0.1) is 5.92 Å². The van der Waals surface area contributed by atoms with Crippen molar-refractivity contribution in [1.29, 1.82) is 0 Å². The van der Waals surface area contributed by atoms with Crippen LogP contribution in [0.25, 0.3) is 0 Å². The van der Waals surface area contributed by atoms with Crippen LogP contribution < -0.4 is 5.32 Å². The fourth-order valence-electron chi connectivity index (χ4n) is 2.51. The number of carbonyl (C=O) groups is 2. The largest absolute Gasteiger partial charge is 0.462 e. The zero-order valence-corrected chi connectivity index (χ0v) is 11.3. The predicted octanol–water partition coefficient (Wildman–Crippen LogP) is 2.10. The lowest BCUT2D eigenvalue weighted by Gasteiger charge is -2.29. The number of rotatable bonds is 3. The number of esters is 1. The second-order valence-electron chi connectivity index (χ2n) is 4.82. The molecule has 1 aliphatic heterocycles. The Labute approximate surface area is 113 Å². The average Bonchev–Trinajstić information content (AvgIpc) is 2.42. The normalized spacial score (nSPS) is 22.7. The number of hydrogen-bond acceptors (Lipinski definition) is 3.